The number of carbonyl (C=O) groups excluding carboxylic acids is 1. The molecule has 0 unspecified atom stereocenters. The van der Waals surface area contributed by atoms with E-state index >= 15 is 0 Å². The average Bonchev–Trinajstić information content (AvgIpc) is 3.11. The van der Waals surface area contributed by atoms with E-state index < -0.39 is 0 Å². The number of rotatable bonds is 5. The van der Waals surface area contributed by atoms with E-state index in [2.05, 4.69) is 24.1 Å². The zero-order valence-corrected chi connectivity index (χ0v) is 16.7. The van der Waals surface area contributed by atoms with Crippen molar-refractivity contribution in [1.82, 2.24) is 10.3 Å². The van der Waals surface area contributed by atoms with Crippen molar-refractivity contribution < 1.29 is 9.18 Å². The third-order valence-corrected chi connectivity index (χ3v) is 5.99. The lowest BCUT2D eigenvalue weighted by atomic mass is 9.81. The third-order valence-electron chi connectivity index (χ3n) is 5.99. The second-order valence-electron chi connectivity index (χ2n) is 8.20. The van der Waals surface area contributed by atoms with Gasteiger partial charge < -0.3 is 10.3 Å². The van der Waals surface area contributed by atoms with Gasteiger partial charge in [-0.15, -0.1) is 0 Å². The van der Waals surface area contributed by atoms with E-state index in [9.17, 15) is 14.0 Å². The Morgan fingerprint density at radius 1 is 1.10 bits per heavy atom. The van der Waals surface area contributed by atoms with Crippen LogP contribution in [-0.2, 0) is 4.79 Å². The molecule has 4 nitrogen and oxygen atoms in total. The summed E-state index contributed by atoms with van der Waals surface area (Å²) in [7, 11) is 0. The first-order valence-electron chi connectivity index (χ1n) is 10.1. The van der Waals surface area contributed by atoms with Crippen molar-refractivity contribution in [2.24, 2.45) is 11.8 Å². The zero-order chi connectivity index (χ0) is 20.5. The Labute approximate surface area is 169 Å². The fourth-order valence-electron chi connectivity index (χ4n) is 4.28. The van der Waals surface area contributed by atoms with Gasteiger partial charge in [-0.25, -0.2) is 4.39 Å². The Kier molecular flexibility index (Phi) is 5.22. The predicted molar refractivity (Wildman–Crippen MR) is 113 cm³/mol. The van der Waals surface area contributed by atoms with Gasteiger partial charge in [0.05, 0.1) is 0 Å². The van der Waals surface area contributed by atoms with Gasteiger partial charge in [0.1, 0.15) is 5.82 Å². The Bertz CT molecular complexity index is 1120. The number of aromatic nitrogens is 1. The molecule has 0 aliphatic carbocycles. The molecular weight excluding hydrogens is 367 g/mol. The van der Waals surface area contributed by atoms with E-state index in [0.717, 1.165) is 17.4 Å². The van der Waals surface area contributed by atoms with E-state index in [4.69, 9.17) is 0 Å². The van der Waals surface area contributed by atoms with Crippen LogP contribution in [0.15, 0.2) is 53.3 Å². The highest BCUT2D eigenvalue weighted by atomic mass is 19.1. The fourth-order valence-corrected chi connectivity index (χ4v) is 4.28. The maximum atomic E-state index is 14.1. The molecule has 0 radical (unpaired) electrons. The van der Waals surface area contributed by atoms with E-state index in [1.165, 1.54) is 6.07 Å². The number of aromatic amines is 1. The number of amides is 1. The lowest BCUT2D eigenvalue weighted by molar-refractivity contribution is -0.122. The number of fused-ring (bicyclic) bond motifs is 1. The SMILES string of the molecule is CC(C)[C@@H](C[C@H]1CCNC1=O)c1ccc(-c2ccc3cccc(F)c3c2)[nH]c1=O. The molecule has 3 aromatic rings. The maximum Gasteiger partial charge on any atom is 0.251 e. The van der Waals surface area contributed by atoms with E-state index in [1.54, 1.807) is 12.1 Å². The van der Waals surface area contributed by atoms with Crippen molar-refractivity contribution in [3.63, 3.8) is 0 Å². The minimum absolute atomic E-state index is 0.00991. The minimum atomic E-state index is -0.280. The summed E-state index contributed by atoms with van der Waals surface area (Å²) in [6, 6.07) is 14.2. The maximum absolute atomic E-state index is 14.1. The fraction of sp³-hybridized carbons (Fsp3) is 0.333. The number of benzene rings is 2. The van der Waals surface area contributed by atoms with E-state index in [0.29, 0.717) is 29.6 Å². The molecule has 1 aromatic heterocycles. The van der Waals surface area contributed by atoms with Gasteiger partial charge in [0.15, 0.2) is 0 Å². The van der Waals surface area contributed by atoms with Gasteiger partial charge in [-0.05, 0) is 53.8 Å². The van der Waals surface area contributed by atoms with Crippen molar-refractivity contribution in [1.29, 1.82) is 0 Å². The van der Waals surface area contributed by atoms with Crippen LogP contribution >= 0.6 is 0 Å². The van der Waals surface area contributed by atoms with Crippen molar-refractivity contribution in [3.05, 3.63) is 70.3 Å². The predicted octanol–water partition coefficient (Wildman–Crippen LogP) is 4.60. The standard InChI is InChI=1S/C24H25FN2O2/c1-14(2)19(13-17-10-11-26-23(17)28)18-8-9-22(27-24(18)29)16-7-6-15-4-3-5-21(25)20(15)12-16/h3-9,12,14,17,19H,10-11,13H2,1-2H3,(H,26,28)(H,27,29)/t17-,19-/m1/s1. The molecule has 1 saturated heterocycles. The lowest BCUT2D eigenvalue weighted by Gasteiger charge is -2.23. The molecule has 150 valence electrons. The molecule has 1 aliphatic heterocycles. The summed E-state index contributed by atoms with van der Waals surface area (Å²) in [6.45, 7) is 4.87. The van der Waals surface area contributed by atoms with Crippen LogP contribution in [-0.4, -0.2) is 17.4 Å². The van der Waals surface area contributed by atoms with E-state index in [1.807, 2.05) is 30.3 Å². The second kappa shape index (κ2) is 7.82. The first-order chi connectivity index (χ1) is 13.9. The van der Waals surface area contributed by atoms with Gasteiger partial charge in [-0.2, -0.15) is 0 Å². The van der Waals surface area contributed by atoms with Crippen LogP contribution in [0.5, 0.6) is 0 Å². The van der Waals surface area contributed by atoms with E-state index in [-0.39, 0.29) is 35.0 Å². The molecule has 4 rings (SSSR count). The number of H-pyrrole nitrogens is 1. The largest absolute Gasteiger partial charge is 0.356 e. The van der Waals surface area contributed by atoms with Crippen LogP contribution in [0.2, 0.25) is 0 Å². The van der Waals surface area contributed by atoms with Crippen LogP contribution in [0.3, 0.4) is 0 Å². The number of nitrogens with one attached hydrogen (secondary N) is 2. The average molecular weight is 392 g/mol. The molecule has 2 atom stereocenters. The van der Waals surface area contributed by atoms with Gasteiger partial charge in [-0.1, -0.05) is 44.2 Å². The molecule has 0 bridgehead atoms. The smallest absolute Gasteiger partial charge is 0.251 e. The van der Waals surface area contributed by atoms with Crippen molar-refractivity contribution >= 4 is 16.7 Å². The Hall–Kier alpha value is -2.95. The van der Waals surface area contributed by atoms with Crippen molar-refractivity contribution in [3.8, 4) is 11.3 Å². The van der Waals surface area contributed by atoms with Gasteiger partial charge in [0.2, 0.25) is 5.91 Å². The third kappa shape index (κ3) is 3.82. The van der Waals surface area contributed by atoms with Crippen molar-refractivity contribution in [2.45, 2.75) is 32.6 Å². The summed E-state index contributed by atoms with van der Waals surface area (Å²) in [5.41, 5.74) is 1.98. The minimum Gasteiger partial charge on any atom is -0.356 e. The molecule has 2 N–H and O–H groups in total. The van der Waals surface area contributed by atoms with Crippen LogP contribution in [0.25, 0.3) is 22.0 Å². The number of carbonyl (C=O) groups is 1. The summed E-state index contributed by atoms with van der Waals surface area (Å²) in [5.74, 6) is 0.0191. The highest BCUT2D eigenvalue weighted by Gasteiger charge is 2.30. The van der Waals surface area contributed by atoms with Gasteiger partial charge in [0.25, 0.3) is 5.56 Å². The molecule has 0 saturated carbocycles. The van der Waals surface area contributed by atoms with Crippen LogP contribution < -0.4 is 10.9 Å². The summed E-state index contributed by atoms with van der Waals surface area (Å²) in [6.07, 6.45) is 1.49. The zero-order valence-electron chi connectivity index (χ0n) is 16.7. The first kappa shape index (κ1) is 19.4. The monoisotopic (exact) mass is 392 g/mol. The summed E-state index contributed by atoms with van der Waals surface area (Å²) < 4.78 is 14.1. The molecule has 1 fully saturated rings. The quantitative estimate of drug-likeness (QED) is 0.667. The summed E-state index contributed by atoms with van der Waals surface area (Å²) in [5, 5.41) is 4.23. The Morgan fingerprint density at radius 2 is 1.93 bits per heavy atom. The van der Waals surface area contributed by atoms with Crippen molar-refractivity contribution in [2.75, 3.05) is 6.54 Å². The molecule has 2 heterocycles. The molecular formula is C24H25FN2O2. The number of hydrogen-bond donors (Lipinski definition) is 2. The molecule has 0 spiro atoms. The topological polar surface area (TPSA) is 62.0 Å². The number of halogens is 1. The molecule has 5 heteroatoms. The molecule has 2 aromatic carbocycles. The summed E-state index contributed by atoms with van der Waals surface area (Å²) in [4.78, 5) is 27.9. The highest BCUT2D eigenvalue weighted by molar-refractivity contribution is 5.87. The Morgan fingerprint density at radius 3 is 2.62 bits per heavy atom. The molecule has 29 heavy (non-hydrogen) atoms. The highest BCUT2D eigenvalue weighted by Crippen LogP contribution is 2.32. The van der Waals surface area contributed by atoms with Crippen LogP contribution in [0, 0.1) is 17.7 Å². The molecule has 1 aliphatic rings. The van der Waals surface area contributed by atoms with Crippen LogP contribution in [0.1, 0.15) is 38.2 Å². The second-order valence-corrected chi connectivity index (χ2v) is 8.20. The van der Waals surface area contributed by atoms with Gasteiger partial charge in [0, 0.05) is 29.1 Å². The van der Waals surface area contributed by atoms with Gasteiger partial charge in [-0.3, -0.25) is 9.59 Å². The van der Waals surface area contributed by atoms with Gasteiger partial charge >= 0.3 is 0 Å². The first-order valence-corrected chi connectivity index (χ1v) is 10.1. The molecule has 1 amide bonds. The Balaban J connectivity index is 1.67. The number of pyridine rings is 1. The van der Waals surface area contributed by atoms with Crippen LogP contribution in [0.4, 0.5) is 4.39 Å². The normalized spacial score (nSPS) is 17.7. The lowest BCUT2D eigenvalue weighted by Crippen LogP contribution is -2.25. The summed E-state index contributed by atoms with van der Waals surface area (Å²) >= 11 is 0. The number of hydrogen-bond acceptors (Lipinski definition) is 2.